The van der Waals surface area contributed by atoms with Gasteiger partial charge < -0.3 is 19.7 Å². The van der Waals surface area contributed by atoms with Crippen LogP contribution in [0.4, 0.5) is 16.8 Å². The third-order valence-electron chi connectivity index (χ3n) is 4.77. The molecule has 158 valence electrons. The van der Waals surface area contributed by atoms with Crippen LogP contribution in [-0.4, -0.2) is 65.0 Å². The molecule has 0 saturated carbocycles. The van der Waals surface area contributed by atoms with Crippen molar-refractivity contribution in [2.75, 3.05) is 50.6 Å². The summed E-state index contributed by atoms with van der Waals surface area (Å²) >= 11 is 6.97. The fraction of sp³-hybridized carbons (Fsp3) is 0.368. The molecule has 1 N–H and O–H groups in total. The lowest BCUT2D eigenvalue weighted by Gasteiger charge is -2.34. The van der Waals surface area contributed by atoms with Gasteiger partial charge in [0.25, 0.3) is 0 Å². The molecule has 0 atom stereocenters. The zero-order chi connectivity index (χ0) is 20.9. The van der Waals surface area contributed by atoms with Crippen LogP contribution in [0.1, 0.15) is 0 Å². The van der Waals surface area contributed by atoms with Crippen LogP contribution >= 0.6 is 23.6 Å². The van der Waals surface area contributed by atoms with Gasteiger partial charge in [0, 0.05) is 38.4 Å². The second kappa shape index (κ2) is 9.37. The van der Waals surface area contributed by atoms with Crippen molar-refractivity contribution in [3.8, 4) is 11.6 Å². The third-order valence-corrected chi connectivity index (χ3v) is 5.99. The van der Waals surface area contributed by atoms with E-state index in [4.69, 9.17) is 21.7 Å². The van der Waals surface area contributed by atoms with Crippen molar-refractivity contribution in [3.63, 3.8) is 0 Å². The normalized spacial score (nSPS) is 14.5. The lowest BCUT2D eigenvalue weighted by Crippen LogP contribution is -2.47. The number of nitrogens with zero attached hydrogens (tertiary/aromatic N) is 6. The molecule has 1 saturated heterocycles. The summed E-state index contributed by atoms with van der Waals surface area (Å²) in [6, 6.07) is 9.49. The summed E-state index contributed by atoms with van der Waals surface area (Å²) in [5.74, 6) is 2.04. The number of rotatable bonds is 7. The minimum absolute atomic E-state index is 0.575. The van der Waals surface area contributed by atoms with Gasteiger partial charge >= 0.3 is 0 Å². The van der Waals surface area contributed by atoms with E-state index >= 15 is 0 Å². The van der Waals surface area contributed by atoms with Gasteiger partial charge in [-0.25, -0.2) is 9.67 Å². The van der Waals surface area contributed by atoms with Gasteiger partial charge in [-0.1, -0.05) is 23.5 Å². The van der Waals surface area contributed by atoms with Gasteiger partial charge in [-0.2, -0.15) is 4.98 Å². The van der Waals surface area contributed by atoms with Crippen LogP contribution in [0.25, 0.3) is 0 Å². The fourth-order valence-corrected chi connectivity index (χ4v) is 4.19. The van der Waals surface area contributed by atoms with Crippen LogP contribution in [0.15, 0.2) is 36.5 Å². The molecule has 4 rings (SSSR count). The highest BCUT2D eigenvalue weighted by Gasteiger charge is 2.20. The van der Waals surface area contributed by atoms with E-state index in [1.165, 1.54) is 11.3 Å². The number of para-hydroxylation sites is 2. The molecule has 2 aromatic heterocycles. The van der Waals surface area contributed by atoms with Crippen LogP contribution in [0.2, 0.25) is 0 Å². The molecule has 0 spiro atoms. The molecule has 3 heterocycles. The van der Waals surface area contributed by atoms with Gasteiger partial charge in [-0.3, -0.25) is 4.90 Å². The van der Waals surface area contributed by atoms with Gasteiger partial charge in [0.1, 0.15) is 5.75 Å². The van der Waals surface area contributed by atoms with E-state index in [9.17, 15) is 0 Å². The molecule has 1 aromatic carbocycles. The SMILES string of the molecule is COc1ccnc(N2CCN(Cn3nc(Nc4ccccc4OC)sc3=S)CC2)n1. The van der Waals surface area contributed by atoms with E-state index < -0.39 is 0 Å². The summed E-state index contributed by atoms with van der Waals surface area (Å²) in [5.41, 5.74) is 0.864. The van der Waals surface area contributed by atoms with Gasteiger partial charge in [-0.15, -0.1) is 5.10 Å². The number of benzene rings is 1. The average Bonchev–Trinajstić information content (AvgIpc) is 3.13. The first-order valence-corrected chi connectivity index (χ1v) is 10.7. The summed E-state index contributed by atoms with van der Waals surface area (Å²) < 4.78 is 13.2. The molecule has 0 unspecified atom stereocenters. The number of ether oxygens (including phenoxy) is 2. The van der Waals surface area contributed by atoms with Gasteiger partial charge in [0.05, 0.1) is 26.6 Å². The Balaban J connectivity index is 1.37. The molecular weight excluding hydrogens is 422 g/mol. The van der Waals surface area contributed by atoms with E-state index in [2.05, 4.69) is 30.2 Å². The van der Waals surface area contributed by atoms with Crippen molar-refractivity contribution in [2.24, 2.45) is 0 Å². The van der Waals surface area contributed by atoms with Crippen LogP contribution in [0.5, 0.6) is 11.6 Å². The van der Waals surface area contributed by atoms with Gasteiger partial charge in [-0.05, 0) is 24.4 Å². The summed E-state index contributed by atoms with van der Waals surface area (Å²) in [7, 11) is 3.26. The summed E-state index contributed by atoms with van der Waals surface area (Å²) in [6.07, 6.45) is 1.72. The maximum Gasteiger partial charge on any atom is 0.228 e. The molecule has 30 heavy (non-hydrogen) atoms. The smallest absolute Gasteiger partial charge is 0.228 e. The third kappa shape index (κ3) is 4.69. The molecular formula is C19H23N7O2S2. The van der Waals surface area contributed by atoms with Crippen molar-refractivity contribution >= 4 is 40.3 Å². The number of methoxy groups -OCH3 is 2. The quantitative estimate of drug-likeness (QED) is 0.552. The highest BCUT2D eigenvalue weighted by molar-refractivity contribution is 7.73. The van der Waals surface area contributed by atoms with Crippen molar-refractivity contribution in [2.45, 2.75) is 6.67 Å². The Morgan fingerprint density at radius 3 is 2.67 bits per heavy atom. The summed E-state index contributed by atoms with van der Waals surface area (Å²) in [6.45, 7) is 4.05. The number of hydrogen-bond donors (Lipinski definition) is 1. The van der Waals surface area contributed by atoms with E-state index in [0.29, 0.717) is 18.5 Å². The maximum absolute atomic E-state index is 5.52. The Kier molecular flexibility index (Phi) is 6.41. The van der Waals surface area contributed by atoms with Gasteiger partial charge in [0.2, 0.25) is 17.0 Å². The molecule has 9 nitrogen and oxygen atoms in total. The van der Waals surface area contributed by atoms with Crippen LogP contribution in [0.3, 0.4) is 0 Å². The Bertz CT molecular complexity index is 1050. The van der Waals surface area contributed by atoms with Crippen LogP contribution in [0, 0.1) is 3.95 Å². The highest BCUT2D eigenvalue weighted by atomic mass is 32.1. The minimum Gasteiger partial charge on any atom is -0.495 e. The largest absolute Gasteiger partial charge is 0.495 e. The van der Waals surface area contributed by atoms with Crippen molar-refractivity contribution in [1.29, 1.82) is 0 Å². The molecule has 1 aliphatic rings. The average molecular weight is 446 g/mol. The monoisotopic (exact) mass is 445 g/mol. The number of aromatic nitrogens is 4. The number of nitrogens with one attached hydrogen (secondary N) is 1. The lowest BCUT2D eigenvalue weighted by atomic mass is 10.3. The van der Waals surface area contributed by atoms with Crippen LogP contribution in [-0.2, 0) is 6.67 Å². The van der Waals surface area contributed by atoms with Crippen molar-refractivity contribution < 1.29 is 9.47 Å². The first-order chi connectivity index (χ1) is 14.7. The molecule has 11 heteroatoms. The summed E-state index contributed by atoms with van der Waals surface area (Å²) in [5, 5.41) is 8.69. The topological polar surface area (TPSA) is 80.6 Å². The Morgan fingerprint density at radius 2 is 1.90 bits per heavy atom. The minimum atomic E-state index is 0.575. The molecule has 1 fully saturated rings. The molecule has 0 bridgehead atoms. The molecule has 0 aliphatic carbocycles. The molecule has 3 aromatic rings. The zero-order valence-electron chi connectivity index (χ0n) is 16.8. The Morgan fingerprint density at radius 1 is 1.10 bits per heavy atom. The molecule has 0 radical (unpaired) electrons. The van der Waals surface area contributed by atoms with E-state index in [-0.39, 0.29) is 0 Å². The lowest BCUT2D eigenvalue weighted by molar-refractivity contribution is 0.194. The highest BCUT2D eigenvalue weighted by Crippen LogP contribution is 2.28. The van der Waals surface area contributed by atoms with E-state index in [1.54, 1.807) is 26.5 Å². The van der Waals surface area contributed by atoms with E-state index in [0.717, 1.165) is 46.7 Å². The second-order valence-corrected chi connectivity index (χ2v) is 8.27. The zero-order valence-corrected chi connectivity index (χ0v) is 18.4. The molecule has 1 aliphatic heterocycles. The number of hydrogen-bond acceptors (Lipinski definition) is 10. The predicted octanol–water partition coefficient (Wildman–Crippen LogP) is 3.00. The van der Waals surface area contributed by atoms with Gasteiger partial charge in [0.15, 0.2) is 3.95 Å². The molecule has 0 amide bonds. The first kappa shape index (κ1) is 20.5. The number of anilines is 3. The Hall–Kier alpha value is -2.76. The first-order valence-electron chi connectivity index (χ1n) is 9.48. The summed E-state index contributed by atoms with van der Waals surface area (Å²) in [4.78, 5) is 13.3. The Labute approximate surface area is 183 Å². The standard InChI is InChI=1S/C19H23N7O2S2/c1-27-15-6-4-3-5-14(15)21-18-23-26(19(29)30-18)13-24-9-11-25(12-10-24)17-20-8-7-16(22-17)28-2/h3-8H,9-13H2,1-2H3,(H,21,23). The van der Waals surface area contributed by atoms with Crippen molar-refractivity contribution in [1.82, 2.24) is 24.6 Å². The maximum atomic E-state index is 5.52. The second-order valence-electron chi connectivity index (χ2n) is 6.64. The predicted molar refractivity (Wildman–Crippen MR) is 120 cm³/mol. The number of piperazine rings is 1. The van der Waals surface area contributed by atoms with E-state index in [1.807, 2.05) is 28.9 Å². The fourth-order valence-electron chi connectivity index (χ4n) is 3.19. The van der Waals surface area contributed by atoms with Crippen molar-refractivity contribution in [3.05, 3.63) is 40.5 Å². The van der Waals surface area contributed by atoms with Crippen LogP contribution < -0.4 is 19.7 Å².